The molecule has 0 saturated carbocycles. The van der Waals surface area contributed by atoms with Crippen molar-refractivity contribution in [2.24, 2.45) is 5.92 Å². The molecule has 1 atom stereocenters. The molecule has 0 radical (unpaired) electrons. The van der Waals surface area contributed by atoms with Crippen LogP contribution in [0.5, 0.6) is 0 Å². The largest absolute Gasteiger partial charge is 0.469 e. The zero-order chi connectivity index (χ0) is 17.7. The summed E-state index contributed by atoms with van der Waals surface area (Å²) >= 11 is 0. The standard InChI is InChI=1S/C19H30O3Si/c1-15(16-11-9-8-10-12-16)13-17(18(20)21-5)14-22-23(6,7)19(2,3)4/h8-12,17H,1,13-14H2,2-7H3. The van der Waals surface area contributed by atoms with E-state index in [-0.39, 0.29) is 16.9 Å². The van der Waals surface area contributed by atoms with Gasteiger partial charge in [-0.15, -0.1) is 0 Å². The number of rotatable bonds is 7. The number of hydrogen-bond donors (Lipinski definition) is 0. The molecule has 3 nitrogen and oxygen atoms in total. The minimum absolute atomic E-state index is 0.115. The van der Waals surface area contributed by atoms with Crippen LogP contribution in [0, 0.1) is 5.92 Å². The van der Waals surface area contributed by atoms with Crippen molar-refractivity contribution >= 4 is 19.9 Å². The summed E-state index contributed by atoms with van der Waals surface area (Å²) in [5.41, 5.74) is 1.98. The molecule has 1 rings (SSSR count). The summed E-state index contributed by atoms with van der Waals surface area (Å²) in [7, 11) is -0.471. The first-order valence-corrected chi connectivity index (χ1v) is 10.9. The molecule has 0 bridgehead atoms. The van der Waals surface area contributed by atoms with Gasteiger partial charge in [0.2, 0.25) is 0 Å². The van der Waals surface area contributed by atoms with Crippen LogP contribution in [0.3, 0.4) is 0 Å². The highest BCUT2D eigenvalue weighted by molar-refractivity contribution is 6.74. The second-order valence-corrected chi connectivity index (χ2v) is 12.3. The molecular formula is C19H30O3Si. The van der Waals surface area contributed by atoms with Gasteiger partial charge in [0, 0.05) is 6.61 Å². The Balaban J connectivity index is 2.78. The van der Waals surface area contributed by atoms with Gasteiger partial charge in [0.25, 0.3) is 0 Å². The third-order valence-corrected chi connectivity index (χ3v) is 9.16. The highest BCUT2D eigenvalue weighted by Crippen LogP contribution is 2.37. The van der Waals surface area contributed by atoms with Crippen LogP contribution in [0.25, 0.3) is 5.57 Å². The van der Waals surface area contributed by atoms with Crippen LogP contribution in [-0.4, -0.2) is 28.0 Å². The molecule has 23 heavy (non-hydrogen) atoms. The second kappa shape index (κ2) is 7.93. The van der Waals surface area contributed by atoms with E-state index in [0.717, 1.165) is 11.1 Å². The van der Waals surface area contributed by atoms with Gasteiger partial charge in [-0.3, -0.25) is 4.79 Å². The highest BCUT2D eigenvalue weighted by atomic mass is 28.4. The van der Waals surface area contributed by atoms with Crippen molar-refractivity contribution in [1.82, 2.24) is 0 Å². The molecule has 0 aliphatic heterocycles. The zero-order valence-corrected chi connectivity index (χ0v) is 16.3. The molecule has 0 aliphatic rings. The highest BCUT2D eigenvalue weighted by Gasteiger charge is 2.38. The van der Waals surface area contributed by atoms with Crippen LogP contribution in [0.15, 0.2) is 36.9 Å². The SMILES string of the molecule is C=C(CC(CO[Si](C)(C)C(C)(C)C)C(=O)OC)c1ccccc1. The predicted molar refractivity (Wildman–Crippen MR) is 98.7 cm³/mol. The third-order valence-electron chi connectivity index (χ3n) is 4.66. The number of methoxy groups -OCH3 is 1. The topological polar surface area (TPSA) is 35.5 Å². The Labute approximate surface area is 141 Å². The maximum atomic E-state index is 12.1. The quantitative estimate of drug-likeness (QED) is 0.525. The fourth-order valence-electron chi connectivity index (χ4n) is 1.99. The summed E-state index contributed by atoms with van der Waals surface area (Å²) in [6, 6.07) is 9.92. The number of ether oxygens (including phenoxy) is 1. The minimum Gasteiger partial charge on any atom is -0.469 e. The summed E-state index contributed by atoms with van der Waals surface area (Å²) in [4.78, 5) is 12.1. The van der Waals surface area contributed by atoms with E-state index in [0.29, 0.717) is 13.0 Å². The van der Waals surface area contributed by atoms with Crippen molar-refractivity contribution in [3.63, 3.8) is 0 Å². The van der Waals surface area contributed by atoms with Crippen molar-refractivity contribution in [2.75, 3.05) is 13.7 Å². The number of carbonyl (C=O) groups is 1. The average molecular weight is 335 g/mol. The van der Waals surface area contributed by atoms with E-state index >= 15 is 0 Å². The first-order chi connectivity index (χ1) is 10.6. The van der Waals surface area contributed by atoms with E-state index in [2.05, 4.69) is 40.4 Å². The minimum atomic E-state index is -1.89. The lowest BCUT2D eigenvalue weighted by atomic mass is 9.96. The summed E-state index contributed by atoms with van der Waals surface area (Å²) < 4.78 is 11.2. The van der Waals surface area contributed by atoms with Gasteiger partial charge in [-0.05, 0) is 35.7 Å². The van der Waals surface area contributed by atoms with Crippen LogP contribution in [0.4, 0.5) is 0 Å². The lowest BCUT2D eigenvalue weighted by Crippen LogP contribution is -2.42. The molecule has 0 amide bonds. The van der Waals surface area contributed by atoms with Gasteiger partial charge in [-0.2, -0.15) is 0 Å². The van der Waals surface area contributed by atoms with E-state index in [1.807, 2.05) is 30.3 Å². The van der Waals surface area contributed by atoms with E-state index in [9.17, 15) is 4.79 Å². The van der Waals surface area contributed by atoms with Gasteiger partial charge in [-0.1, -0.05) is 57.7 Å². The van der Waals surface area contributed by atoms with Crippen LogP contribution in [0.2, 0.25) is 18.1 Å². The predicted octanol–water partition coefficient (Wildman–Crippen LogP) is 4.90. The Morgan fingerprint density at radius 3 is 2.26 bits per heavy atom. The van der Waals surface area contributed by atoms with Crippen molar-refractivity contribution in [2.45, 2.75) is 45.3 Å². The summed E-state index contributed by atoms with van der Waals surface area (Å²) in [6.07, 6.45) is 0.547. The zero-order valence-electron chi connectivity index (χ0n) is 15.3. The van der Waals surface area contributed by atoms with Crippen molar-refractivity contribution in [3.8, 4) is 0 Å². The molecule has 0 aromatic heterocycles. The maximum absolute atomic E-state index is 12.1. The monoisotopic (exact) mass is 334 g/mol. The Morgan fingerprint density at radius 2 is 1.78 bits per heavy atom. The Morgan fingerprint density at radius 1 is 1.22 bits per heavy atom. The Kier molecular flexibility index (Phi) is 6.78. The van der Waals surface area contributed by atoms with Gasteiger partial charge < -0.3 is 9.16 Å². The van der Waals surface area contributed by atoms with Gasteiger partial charge in [0.05, 0.1) is 13.0 Å². The number of benzene rings is 1. The summed E-state index contributed by atoms with van der Waals surface area (Å²) in [6.45, 7) is 15.5. The van der Waals surface area contributed by atoms with Crippen LogP contribution >= 0.6 is 0 Å². The van der Waals surface area contributed by atoms with Gasteiger partial charge >= 0.3 is 5.97 Å². The molecule has 0 heterocycles. The smallest absolute Gasteiger partial charge is 0.311 e. The van der Waals surface area contributed by atoms with Gasteiger partial charge in [-0.25, -0.2) is 0 Å². The van der Waals surface area contributed by atoms with Crippen LogP contribution in [0.1, 0.15) is 32.8 Å². The fourth-order valence-corrected chi connectivity index (χ4v) is 3.04. The first-order valence-electron chi connectivity index (χ1n) is 8.03. The molecule has 0 N–H and O–H groups in total. The summed E-state index contributed by atoms with van der Waals surface area (Å²) in [5, 5.41) is 0.115. The fraction of sp³-hybridized carbons (Fsp3) is 0.526. The molecule has 1 aromatic carbocycles. The third kappa shape index (κ3) is 5.63. The van der Waals surface area contributed by atoms with Crippen LogP contribution < -0.4 is 0 Å². The van der Waals surface area contributed by atoms with Crippen LogP contribution in [-0.2, 0) is 14.0 Å². The molecule has 4 heteroatoms. The van der Waals surface area contributed by atoms with E-state index in [1.165, 1.54) is 7.11 Å². The first kappa shape index (κ1) is 19.7. The normalized spacial score (nSPS) is 13.5. The number of carbonyl (C=O) groups excluding carboxylic acids is 1. The van der Waals surface area contributed by atoms with E-state index in [4.69, 9.17) is 9.16 Å². The number of hydrogen-bond acceptors (Lipinski definition) is 3. The van der Waals surface area contributed by atoms with Crippen molar-refractivity contribution in [1.29, 1.82) is 0 Å². The lowest BCUT2D eigenvalue weighted by molar-refractivity contribution is -0.146. The molecular weight excluding hydrogens is 304 g/mol. The summed E-state index contributed by atoms with van der Waals surface area (Å²) in [5.74, 6) is -0.553. The number of esters is 1. The average Bonchev–Trinajstić information content (AvgIpc) is 2.50. The van der Waals surface area contributed by atoms with Gasteiger partial charge in [0.15, 0.2) is 8.32 Å². The van der Waals surface area contributed by atoms with Gasteiger partial charge in [0.1, 0.15) is 0 Å². The van der Waals surface area contributed by atoms with E-state index in [1.54, 1.807) is 0 Å². The molecule has 1 aromatic rings. The second-order valence-electron chi connectivity index (χ2n) is 7.47. The molecule has 0 saturated heterocycles. The molecule has 1 unspecified atom stereocenters. The van der Waals surface area contributed by atoms with Crippen molar-refractivity contribution in [3.05, 3.63) is 42.5 Å². The Bertz CT molecular complexity index is 529. The molecule has 0 aliphatic carbocycles. The van der Waals surface area contributed by atoms with E-state index < -0.39 is 8.32 Å². The lowest BCUT2D eigenvalue weighted by Gasteiger charge is -2.37. The number of allylic oxidation sites excluding steroid dienone is 1. The molecule has 0 fully saturated rings. The molecule has 128 valence electrons. The Hall–Kier alpha value is -1.39. The van der Waals surface area contributed by atoms with Crippen molar-refractivity contribution < 1.29 is 14.0 Å². The maximum Gasteiger partial charge on any atom is 0.311 e. The molecule has 0 spiro atoms.